The lowest BCUT2D eigenvalue weighted by Gasteiger charge is -2.14. The fourth-order valence-electron chi connectivity index (χ4n) is 0.900. The summed E-state index contributed by atoms with van der Waals surface area (Å²) in [5, 5.41) is 1.30. The Kier molecular flexibility index (Phi) is 5.38. The van der Waals surface area contributed by atoms with E-state index in [1.165, 1.54) is 16.6 Å². The highest BCUT2D eigenvalue weighted by atomic mass is 33.1. The molecular weight excluding hydrogens is 341 g/mol. The van der Waals surface area contributed by atoms with E-state index in [0.29, 0.717) is 0 Å². The van der Waals surface area contributed by atoms with Crippen molar-refractivity contribution in [3.05, 3.63) is 0 Å². The zero-order valence-electron chi connectivity index (χ0n) is 7.70. The monoisotopic (exact) mass is 350 g/mol. The minimum absolute atomic E-state index is 0.822. The maximum atomic E-state index is 2.15. The molecule has 0 radical (unpaired) electrons. The van der Waals surface area contributed by atoms with Crippen LogP contribution in [0.4, 0.5) is 0 Å². The first kappa shape index (κ1) is 12.8. The molecule has 3 rings (SSSR count). The van der Waals surface area contributed by atoms with Gasteiger partial charge in [0, 0.05) is 16.6 Å². The van der Waals surface area contributed by atoms with E-state index in [9.17, 15) is 0 Å². The average molecular weight is 351 g/mol. The smallest absolute Gasteiger partial charge is 0.0833 e. The van der Waals surface area contributed by atoms with E-state index in [2.05, 4.69) is 90.2 Å². The first-order valence-electron chi connectivity index (χ1n) is 4.52. The molecule has 0 N–H and O–H groups in total. The Morgan fingerprint density at radius 2 is 1.13 bits per heavy atom. The summed E-state index contributed by atoms with van der Waals surface area (Å²) in [5.74, 6) is 2.76. The van der Waals surface area contributed by atoms with Crippen LogP contribution < -0.4 is 0 Å². The van der Waals surface area contributed by atoms with Gasteiger partial charge in [0.15, 0.2) is 0 Å². The number of hydrogen-bond acceptors (Lipinski definition) is 8. The van der Waals surface area contributed by atoms with Crippen molar-refractivity contribution >= 4 is 90.2 Å². The SMILES string of the molecule is C1SC(SSC2CS2)C(SSC2CS2)S1. The Bertz CT molecular complexity index is 193. The maximum Gasteiger partial charge on any atom is 0.0833 e. The fourth-order valence-corrected chi connectivity index (χ4v) is 15.4. The largest absolute Gasteiger partial charge is 0.144 e. The lowest BCUT2D eigenvalue weighted by Crippen LogP contribution is -2.04. The summed E-state index contributed by atoms with van der Waals surface area (Å²) < 4.78 is 3.47. The lowest BCUT2D eigenvalue weighted by atomic mass is 10.9. The Balaban J connectivity index is 1.38. The van der Waals surface area contributed by atoms with Crippen molar-refractivity contribution in [1.82, 2.24) is 0 Å². The molecule has 0 nitrogen and oxygen atoms in total. The molecule has 3 aliphatic heterocycles. The van der Waals surface area contributed by atoms with E-state index >= 15 is 0 Å². The first-order valence-corrected chi connectivity index (χ1v) is 13.3. The van der Waals surface area contributed by atoms with E-state index in [1.54, 1.807) is 0 Å². The van der Waals surface area contributed by atoms with E-state index in [-0.39, 0.29) is 0 Å². The van der Waals surface area contributed by atoms with E-state index < -0.39 is 0 Å². The minimum atomic E-state index is 0.822. The molecule has 0 aromatic rings. The van der Waals surface area contributed by atoms with E-state index in [0.717, 1.165) is 18.3 Å². The number of hydrogen-bond donors (Lipinski definition) is 0. The highest BCUT2D eigenvalue weighted by molar-refractivity contribution is 8.83. The normalized spacial score (nSPS) is 43.2. The molecule has 0 amide bonds. The topological polar surface area (TPSA) is 0 Å². The molecule has 0 bridgehead atoms. The van der Waals surface area contributed by atoms with Crippen LogP contribution in [0.2, 0.25) is 0 Å². The standard InChI is InChI=1S/C7H10S8/c1-4(8-1)12-14-6-7(11-3-10-6)15-13-5-2-9-5/h4-7H,1-3H2. The third kappa shape index (κ3) is 4.44. The highest BCUT2D eigenvalue weighted by Gasteiger charge is 2.35. The molecule has 3 fully saturated rings. The first-order chi connectivity index (χ1) is 7.42. The average Bonchev–Trinajstić information content (AvgIpc) is 3.14. The van der Waals surface area contributed by atoms with Crippen LogP contribution in [0.3, 0.4) is 0 Å². The number of rotatable bonds is 6. The van der Waals surface area contributed by atoms with Gasteiger partial charge in [-0.1, -0.05) is 43.2 Å². The molecule has 0 spiro atoms. The summed E-state index contributed by atoms with van der Waals surface area (Å²) in [4.78, 5) is 0. The molecule has 4 atom stereocenters. The van der Waals surface area contributed by atoms with Crippen molar-refractivity contribution in [3.63, 3.8) is 0 Å². The third-order valence-electron chi connectivity index (χ3n) is 1.81. The second-order valence-electron chi connectivity index (χ2n) is 3.10. The molecular formula is C7H10S8. The molecule has 3 saturated heterocycles. The molecule has 8 heteroatoms. The summed E-state index contributed by atoms with van der Waals surface area (Å²) in [6, 6.07) is 0. The molecule has 4 unspecified atom stereocenters. The van der Waals surface area contributed by atoms with Gasteiger partial charge in [-0.2, -0.15) is 0 Å². The van der Waals surface area contributed by atoms with Gasteiger partial charge < -0.3 is 0 Å². The highest BCUT2D eigenvalue weighted by Crippen LogP contribution is 2.59. The Hall–Kier alpha value is 2.80. The second-order valence-corrected chi connectivity index (χ2v) is 14.6. The molecule has 0 aromatic heterocycles. The van der Waals surface area contributed by atoms with Crippen molar-refractivity contribution in [2.24, 2.45) is 0 Å². The molecule has 3 aliphatic rings. The van der Waals surface area contributed by atoms with Gasteiger partial charge in [-0.05, 0) is 0 Å². The van der Waals surface area contributed by atoms with Gasteiger partial charge in [-0.15, -0.1) is 47.0 Å². The molecule has 15 heavy (non-hydrogen) atoms. The van der Waals surface area contributed by atoms with Gasteiger partial charge >= 0.3 is 0 Å². The van der Waals surface area contributed by atoms with Crippen molar-refractivity contribution < 1.29 is 0 Å². The van der Waals surface area contributed by atoms with Crippen LogP contribution in [-0.4, -0.2) is 34.9 Å². The number of thioether (sulfide) groups is 4. The van der Waals surface area contributed by atoms with Crippen molar-refractivity contribution in [3.8, 4) is 0 Å². The maximum absolute atomic E-state index is 2.15. The molecule has 86 valence electrons. The van der Waals surface area contributed by atoms with Gasteiger partial charge in [0.25, 0.3) is 0 Å². The van der Waals surface area contributed by atoms with Crippen LogP contribution in [0, 0.1) is 0 Å². The Labute approximate surface area is 124 Å². The Morgan fingerprint density at radius 3 is 1.53 bits per heavy atom. The lowest BCUT2D eigenvalue weighted by molar-refractivity contribution is 1.40. The van der Waals surface area contributed by atoms with Crippen molar-refractivity contribution in [2.45, 2.75) is 18.3 Å². The van der Waals surface area contributed by atoms with Crippen molar-refractivity contribution in [1.29, 1.82) is 0 Å². The van der Waals surface area contributed by atoms with Gasteiger partial charge in [-0.25, -0.2) is 0 Å². The minimum Gasteiger partial charge on any atom is -0.144 e. The van der Waals surface area contributed by atoms with Crippen LogP contribution in [0.25, 0.3) is 0 Å². The summed E-state index contributed by atoms with van der Waals surface area (Å²) in [5.41, 5.74) is 0. The third-order valence-corrected chi connectivity index (χ3v) is 15.9. The summed E-state index contributed by atoms with van der Waals surface area (Å²) in [6.45, 7) is 0. The van der Waals surface area contributed by atoms with E-state index in [1.807, 2.05) is 0 Å². The zero-order chi connectivity index (χ0) is 10.1. The van der Waals surface area contributed by atoms with Crippen LogP contribution in [0.15, 0.2) is 0 Å². The predicted octanol–water partition coefficient (Wildman–Crippen LogP) is 4.98. The van der Waals surface area contributed by atoms with Gasteiger partial charge in [0.2, 0.25) is 0 Å². The predicted molar refractivity (Wildman–Crippen MR) is 90.5 cm³/mol. The van der Waals surface area contributed by atoms with Gasteiger partial charge in [0.1, 0.15) is 0 Å². The van der Waals surface area contributed by atoms with Crippen LogP contribution in [-0.2, 0) is 0 Å². The molecule has 0 aliphatic carbocycles. The fraction of sp³-hybridized carbons (Fsp3) is 1.00. The molecule has 3 heterocycles. The summed E-state index contributed by atoms with van der Waals surface area (Å²) >= 11 is 8.48. The van der Waals surface area contributed by atoms with Gasteiger partial charge in [0.05, 0.1) is 18.3 Å². The van der Waals surface area contributed by atoms with Crippen LogP contribution in [0.1, 0.15) is 0 Å². The quantitative estimate of drug-likeness (QED) is 0.479. The van der Waals surface area contributed by atoms with Crippen LogP contribution in [0.5, 0.6) is 0 Å². The Morgan fingerprint density at radius 1 is 0.667 bits per heavy atom. The van der Waals surface area contributed by atoms with Crippen molar-refractivity contribution in [2.75, 3.05) is 16.6 Å². The summed E-state index contributed by atoms with van der Waals surface area (Å²) in [7, 11) is 8.49. The van der Waals surface area contributed by atoms with E-state index in [4.69, 9.17) is 0 Å². The summed E-state index contributed by atoms with van der Waals surface area (Å²) in [6.07, 6.45) is 0. The molecule has 0 aromatic carbocycles. The molecule has 0 saturated carbocycles. The second kappa shape index (κ2) is 6.30. The zero-order valence-corrected chi connectivity index (χ0v) is 14.2. The van der Waals surface area contributed by atoms with Gasteiger partial charge in [-0.3, -0.25) is 0 Å². The van der Waals surface area contributed by atoms with Crippen LogP contribution >= 0.6 is 90.2 Å².